The van der Waals surface area contributed by atoms with Crippen molar-refractivity contribution in [1.82, 2.24) is 15.0 Å². The Hall–Kier alpha value is -6.23. The molecule has 0 amide bonds. The zero-order valence-electron chi connectivity index (χ0n) is 26.3. The summed E-state index contributed by atoms with van der Waals surface area (Å²) >= 11 is 1.87. The Kier molecular flexibility index (Phi) is 6.36. The summed E-state index contributed by atoms with van der Waals surface area (Å²) in [4.78, 5) is 15.1. The van der Waals surface area contributed by atoms with Crippen LogP contribution in [0.2, 0.25) is 0 Å². The average Bonchev–Trinajstić information content (AvgIpc) is 3.57. The lowest BCUT2D eigenvalue weighted by Crippen LogP contribution is -2.00. The van der Waals surface area contributed by atoms with Gasteiger partial charge in [-0.1, -0.05) is 146 Å². The monoisotopic (exact) mass is 641 g/mol. The van der Waals surface area contributed by atoms with Crippen LogP contribution in [-0.2, 0) is 0 Å². The summed E-state index contributed by atoms with van der Waals surface area (Å²) in [6.45, 7) is 0. The number of aromatic nitrogens is 3. The Balaban J connectivity index is 1.19. The zero-order valence-corrected chi connectivity index (χ0v) is 27.2. The molecule has 49 heavy (non-hydrogen) atoms. The second-order valence-corrected chi connectivity index (χ2v) is 13.5. The fraction of sp³-hybridized carbons (Fsp3) is 0. The van der Waals surface area contributed by atoms with E-state index < -0.39 is 0 Å². The standard InChI is InChI=1S/C45H27N3S/c1-3-11-28(12-4-1)29-19-21-31(22-20-29)44-46-43(30-13-5-2-6-14-30)47-45(48-44)32-23-24-34-36-25-26-40-42(37-17-9-10-18-39(37)49-40)41(36)35-16-8-7-15-33(35)38(34)27-32/h1-27H. The molecule has 2 aromatic heterocycles. The van der Waals surface area contributed by atoms with Gasteiger partial charge in [0, 0.05) is 36.9 Å². The van der Waals surface area contributed by atoms with Gasteiger partial charge in [0.05, 0.1) is 0 Å². The molecule has 228 valence electrons. The number of nitrogens with zero attached hydrogens (tertiary/aromatic N) is 3. The molecule has 0 fully saturated rings. The van der Waals surface area contributed by atoms with Gasteiger partial charge in [-0.3, -0.25) is 0 Å². The molecule has 0 aliphatic rings. The van der Waals surface area contributed by atoms with Crippen LogP contribution in [0, 0.1) is 0 Å². The van der Waals surface area contributed by atoms with Crippen LogP contribution in [0.5, 0.6) is 0 Å². The lowest BCUT2D eigenvalue weighted by atomic mass is 9.91. The fourth-order valence-corrected chi connectivity index (χ4v) is 8.30. The predicted molar refractivity (Wildman–Crippen MR) is 207 cm³/mol. The topological polar surface area (TPSA) is 38.7 Å². The third kappa shape index (κ3) is 4.61. The van der Waals surface area contributed by atoms with E-state index in [0.717, 1.165) is 22.3 Å². The first-order valence-electron chi connectivity index (χ1n) is 16.4. The molecule has 0 bridgehead atoms. The maximum Gasteiger partial charge on any atom is 0.164 e. The minimum Gasteiger partial charge on any atom is -0.208 e. The second-order valence-electron chi connectivity index (χ2n) is 12.4. The third-order valence-corrected chi connectivity index (χ3v) is 10.7. The normalized spacial score (nSPS) is 11.7. The van der Waals surface area contributed by atoms with Crippen molar-refractivity contribution < 1.29 is 0 Å². The minimum atomic E-state index is 0.652. The smallest absolute Gasteiger partial charge is 0.164 e. The van der Waals surface area contributed by atoms with Crippen molar-refractivity contribution in [3.8, 4) is 45.3 Å². The highest BCUT2D eigenvalue weighted by atomic mass is 32.1. The number of thiophene rings is 1. The van der Waals surface area contributed by atoms with Crippen molar-refractivity contribution in [1.29, 1.82) is 0 Å². The molecule has 10 rings (SSSR count). The highest BCUT2D eigenvalue weighted by Gasteiger charge is 2.17. The van der Waals surface area contributed by atoms with Crippen LogP contribution in [0.4, 0.5) is 0 Å². The van der Waals surface area contributed by atoms with Crippen molar-refractivity contribution in [2.24, 2.45) is 0 Å². The van der Waals surface area contributed by atoms with Gasteiger partial charge in [0.1, 0.15) is 0 Å². The van der Waals surface area contributed by atoms with E-state index in [1.165, 1.54) is 58.1 Å². The van der Waals surface area contributed by atoms with Gasteiger partial charge in [-0.05, 0) is 61.6 Å². The second kappa shape index (κ2) is 11.2. The van der Waals surface area contributed by atoms with E-state index >= 15 is 0 Å². The largest absolute Gasteiger partial charge is 0.208 e. The van der Waals surface area contributed by atoms with Gasteiger partial charge in [-0.15, -0.1) is 11.3 Å². The van der Waals surface area contributed by atoms with E-state index in [9.17, 15) is 0 Å². The van der Waals surface area contributed by atoms with Gasteiger partial charge in [-0.25, -0.2) is 15.0 Å². The quantitative estimate of drug-likeness (QED) is 0.180. The molecule has 0 aliphatic carbocycles. The van der Waals surface area contributed by atoms with E-state index in [1.807, 2.05) is 35.6 Å². The lowest BCUT2D eigenvalue weighted by Gasteiger charge is -2.13. The number of fused-ring (bicyclic) bond motifs is 10. The van der Waals surface area contributed by atoms with Gasteiger partial charge in [0.15, 0.2) is 17.5 Å². The van der Waals surface area contributed by atoms with E-state index in [2.05, 4.69) is 140 Å². The molecule has 0 saturated heterocycles. The number of benzene rings is 8. The molecule has 8 aromatic carbocycles. The maximum atomic E-state index is 5.10. The molecule has 0 aliphatic heterocycles. The van der Waals surface area contributed by atoms with Crippen molar-refractivity contribution in [2.75, 3.05) is 0 Å². The summed E-state index contributed by atoms with van der Waals surface area (Å²) in [6, 6.07) is 57.9. The Morgan fingerprint density at radius 1 is 0.286 bits per heavy atom. The molecule has 10 aromatic rings. The Morgan fingerprint density at radius 2 is 0.755 bits per heavy atom. The van der Waals surface area contributed by atoms with Crippen LogP contribution >= 0.6 is 11.3 Å². The van der Waals surface area contributed by atoms with E-state index in [4.69, 9.17) is 15.0 Å². The van der Waals surface area contributed by atoms with Crippen molar-refractivity contribution >= 4 is 63.8 Å². The van der Waals surface area contributed by atoms with Crippen LogP contribution in [0.15, 0.2) is 164 Å². The summed E-state index contributed by atoms with van der Waals surface area (Å²) in [5.41, 5.74) is 5.20. The van der Waals surface area contributed by atoms with E-state index in [1.54, 1.807) is 0 Å². The maximum absolute atomic E-state index is 5.10. The summed E-state index contributed by atoms with van der Waals surface area (Å²) in [7, 11) is 0. The van der Waals surface area contributed by atoms with Gasteiger partial charge in [-0.2, -0.15) is 0 Å². The fourth-order valence-electron chi connectivity index (χ4n) is 7.19. The van der Waals surface area contributed by atoms with E-state index in [0.29, 0.717) is 17.5 Å². The Labute approximate surface area is 286 Å². The first-order valence-corrected chi connectivity index (χ1v) is 17.3. The molecule has 4 heteroatoms. The molecule has 0 unspecified atom stereocenters. The summed E-state index contributed by atoms with van der Waals surface area (Å²) in [6.07, 6.45) is 0. The zero-order chi connectivity index (χ0) is 32.3. The minimum absolute atomic E-state index is 0.652. The molecule has 0 saturated carbocycles. The highest BCUT2D eigenvalue weighted by molar-refractivity contribution is 7.26. The molecule has 3 nitrogen and oxygen atoms in total. The highest BCUT2D eigenvalue weighted by Crippen LogP contribution is 2.44. The van der Waals surface area contributed by atoms with Gasteiger partial charge < -0.3 is 0 Å². The Morgan fingerprint density at radius 3 is 1.49 bits per heavy atom. The first kappa shape index (κ1) is 27.8. The lowest BCUT2D eigenvalue weighted by molar-refractivity contribution is 1.07. The molecule has 0 radical (unpaired) electrons. The van der Waals surface area contributed by atoms with Crippen molar-refractivity contribution in [3.63, 3.8) is 0 Å². The van der Waals surface area contributed by atoms with Crippen LogP contribution in [0.25, 0.3) is 97.8 Å². The van der Waals surface area contributed by atoms with Crippen LogP contribution in [0.1, 0.15) is 0 Å². The molecule has 0 atom stereocenters. The SMILES string of the molecule is c1ccc(-c2ccc(-c3nc(-c4ccccc4)nc(-c4ccc5c(c4)c4ccccc4c4c5ccc5sc6ccccc6c54)n3)cc2)cc1. The number of rotatable bonds is 4. The average molecular weight is 642 g/mol. The van der Waals surface area contributed by atoms with Gasteiger partial charge in [0.2, 0.25) is 0 Å². The van der Waals surface area contributed by atoms with Crippen LogP contribution in [0.3, 0.4) is 0 Å². The molecular weight excluding hydrogens is 615 g/mol. The van der Waals surface area contributed by atoms with Crippen molar-refractivity contribution in [2.45, 2.75) is 0 Å². The van der Waals surface area contributed by atoms with Gasteiger partial charge >= 0.3 is 0 Å². The van der Waals surface area contributed by atoms with Crippen LogP contribution in [-0.4, -0.2) is 15.0 Å². The molecular formula is C45H27N3S. The summed E-state index contributed by atoms with van der Waals surface area (Å²) in [5.74, 6) is 1.96. The third-order valence-electron chi connectivity index (χ3n) is 9.52. The summed E-state index contributed by atoms with van der Waals surface area (Å²) < 4.78 is 2.64. The summed E-state index contributed by atoms with van der Waals surface area (Å²) in [5, 5.41) is 10.1. The van der Waals surface area contributed by atoms with Crippen molar-refractivity contribution in [3.05, 3.63) is 164 Å². The predicted octanol–water partition coefficient (Wildman–Crippen LogP) is 12.4. The van der Waals surface area contributed by atoms with Crippen LogP contribution < -0.4 is 0 Å². The number of hydrogen-bond donors (Lipinski definition) is 0. The first-order chi connectivity index (χ1) is 24.3. The Bertz CT molecular complexity index is 2840. The molecule has 0 spiro atoms. The van der Waals surface area contributed by atoms with E-state index in [-0.39, 0.29) is 0 Å². The molecule has 0 N–H and O–H groups in total. The molecule has 2 heterocycles. The van der Waals surface area contributed by atoms with Gasteiger partial charge in [0.25, 0.3) is 0 Å². The number of hydrogen-bond acceptors (Lipinski definition) is 4.